The number of methoxy groups -OCH3 is 1. The summed E-state index contributed by atoms with van der Waals surface area (Å²) in [7, 11) is 1.62. The maximum Gasteiger partial charge on any atom is 0.267 e. The highest BCUT2D eigenvalue weighted by molar-refractivity contribution is 6.03. The van der Waals surface area contributed by atoms with E-state index in [-0.39, 0.29) is 17.4 Å². The van der Waals surface area contributed by atoms with E-state index in [0.717, 1.165) is 55.6 Å². The number of amides is 1. The van der Waals surface area contributed by atoms with E-state index < -0.39 is 11.5 Å². The second-order valence-electron chi connectivity index (χ2n) is 10.5. The van der Waals surface area contributed by atoms with E-state index in [9.17, 15) is 14.7 Å². The lowest BCUT2D eigenvalue weighted by atomic mass is 9.87. The van der Waals surface area contributed by atoms with Gasteiger partial charge in [0.05, 0.1) is 25.8 Å². The first-order valence-corrected chi connectivity index (χ1v) is 13.6. The minimum absolute atomic E-state index is 0.0145. The van der Waals surface area contributed by atoms with Gasteiger partial charge in [-0.25, -0.2) is 0 Å². The molecule has 1 aromatic heterocycles. The number of pyridine rings is 1. The number of aromatic nitrogens is 1. The SMILES string of the molecule is COc1ccc(-c2ccc3c(c2)c(O)c(C(=O)N[C@H]2CC[C@@H](C)CC2)c(=O)n3CCN2CCOCC2)cc1. The van der Waals surface area contributed by atoms with Gasteiger partial charge < -0.3 is 24.5 Å². The van der Waals surface area contributed by atoms with Gasteiger partial charge in [0.2, 0.25) is 0 Å². The Kier molecular flexibility index (Phi) is 8.00. The zero-order valence-corrected chi connectivity index (χ0v) is 22.2. The first-order valence-electron chi connectivity index (χ1n) is 13.6. The maximum atomic E-state index is 13.7. The first kappa shape index (κ1) is 26.3. The molecule has 2 heterocycles. The number of morpholine rings is 1. The molecule has 1 amide bonds. The quantitative estimate of drug-likeness (QED) is 0.490. The Morgan fingerprint density at radius 3 is 2.39 bits per heavy atom. The number of fused-ring (bicyclic) bond motifs is 1. The monoisotopic (exact) mass is 519 g/mol. The third-order valence-corrected chi connectivity index (χ3v) is 7.98. The summed E-state index contributed by atoms with van der Waals surface area (Å²) in [5.74, 6) is 0.644. The van der Waals surface area contributed by atoms with E-state index in [1.165, 1.54) is 0 Å². The molecule has 1 saturated heterocycles. The standard InChI is InChI=1S/C30H37N3O5/c1-20-3-8-23(9-4-20)31-29(35)27-28(34)25-19-22(21-5-10-24(37-2)11-6-21)7-12-26(25)33(30(27)36)14-13-32-15-17-38-18-16-32/h5-7,10-12,19-20,23,34H,3-4,8-9,13-18H2,1-2H3,(H,31,35)/t20-,23+. The van der Waals surface area contributed by atoms with Crippen molar-refractivity contribution in [1.29, 1.82) is 0 Å². The van der Waals surface area contributed by atoms with Crippen molar-refractivity contribution in [1.82, 2.24) is 14.8 Å². The number of benzene rings is 2. The third kappa shape index (κ3) is 5.56. The summed E-state index contributed by atoms with van der Waals surface area (Å²) < 4.78 is 12.4. The molecule has 1 aliphatic carbocycles. The Morgan fingerprint density at radius 1 is 1.03 bits per heavy atom. The van der Waals surface area contributed by atoms with Gasteiger partial charge in [-0.1, -0.05) is 25.1 Å². The minimum atomic E-state index is -0.496. The summed E-state index contributed by atoms with van der Waals surface area (Å²) in [6, 6.07) is 13.3. The molecule has 1 saturated carbocycles. The van der Waals surface area contributed by atoms with Crippen LogP contribution in [0.25, 0.3) is 22.0 Å². The van der Waals surface area contributed by atoms with Crippen molar-refractivity contribution >= 4 is 16.8 Å². The lowest BCUT2D eigenvalue weighted by molar-refractivity contribution is 0.0364. The van der Waals surface area contributed by atoms with Gasteiger partial charge >= 0.3 is 0 Å². The van der Waals surface area contributed by atoms with Crippen LogP contribution in [-0.4, -0.2) is 66.5 Å². The molecule has 0 bridgehead atoms. The summed E-state index contributed by atoms with van der Waals surface area (Å²) in [4.78, 5) is 29.4. The summed E-state index contributed by atoms with van der Waals surface area (Å²) in [6.07, 6.45) is 3.86. The molecule has 3 aromatic rings. The van der Waals surface area contributed by atoms with Crippen LogP contribution in [0.15, 0.2) is 47.3 Å². The molecule has 0 atom stereocenters. The highest BCUT2D eigenvalue weighted by atomic mass is 16.5. The lowest BCUT2D eigenvalue weighted by Crippen LogP contribution is -2.42. The van der Waals surface area contributed by atoms with Gasteiger partial charge in [-0.05, 0) is 67.0 Å². The zero-order chi connectivity index (χ0) is 26.6. The smallest absolute Gasteiger partial charge is 0.267 e. The van der Waals surface area contributed by atoms with Crippen LogP contribution in [0.2, 0.25) is 0 Å². The maximum absolute atomic E-state index is 13.7. The fourth-order valence-corrected chi connectivity index (χ4v) is 5.56. The van der Waals surface area contributed by atoms with Crippen LogP contribution in [0, 0.1) is 5.92 Å². The predicted octanol–water partition coefficient (Wildman–Crippen LogP) is 4.02. The fourth-order valence-electron chi connectivity index (χ4n) is 5.56. The van der Waals surface area contributed by atoms with Gasteiger partial charge in [-0.15, -0.1) is 0 Å². The zero-order valence-electron chi connectivity index (χ0n) is 22.2. The van der Waals surface area contributed by atoms with Gasteiger partial charge in [0.1, 0.15) is 17.1 Å². The summed E-state index contributed by atoms with van der Waals surface area (Å²) in [6.45, 7) is 6.25. The molecule has 1 aliphatic heterocycles. The van der Waals surface area contributed by atoms with Crippen LogP contribution in [0.5, 0.6) is 11.5 Å². The van der Waals surface area contributed by atoms with Crippen molar-refractivity contribution in [3.05, 3.63) is 58.4 Å². The van der Waals surface area contributed by atoms with E-state index >= 15 is 0 Å². The number of nitrogens with one attached hydrogen (secondary N) is 1. The van der Waals surface area contributed by atoms with Crippen molar-refractivity contribution in [3.8, 4) is 22.6 Å². The number of aromatic hydroxyl groups is 1. The molecule has 2 aliphatic rings. The van der Waals surface area contributed by atoms with Crippen molar-refractivity contribution in [2.45, 2.75) is 45.2 Å². The average molecular weight is 520 g/mol. The topological polar surface area (TPSA) is 93.0 Å². The average Bonchev–Trinajstić information content (AvgIpc) is 2.95. The van der Waals surface area contributed by atoms with Crippen LogP contribution < -0.4 is 15.6 Å². The molecule has 0 unspecified atom stereocenters. The van der Waals surface area contributed by atoms with E-state index in [0.29, 0.717) is 43.1 Å². The van der Waals surface area contributed by atoms with Crippen LogP contribution in [0.4, 0.5) is 0 Å². The summed E-state index contributed by atoms with van der Waals surface area (Å²) >= 11 is 0. The van der Waals surface area contributed by atoms with Crippen LogP contribution in [-0.2, 0) is 11.3 Å². The number of carbonyl (C=O) groups excluding carboxylic acids is 1. The molecule has 2 aromatic carbocycles. The number of carbonyl (C=O) groups is 1. The number of rotatable bonds is 7. The van der Waals surface area contributed by atoms with Crippen LogP contribution >= 0.6 is 0 Å². The highest BCUT2D eigenvalue weighted by Gasteiger charge is 2.26. The molecule has 5 rings (SSSR count). The largest absolute Gasteiger partial charge is 0.506 e. The number of hydrogen-bond donors (Lipinski definition) is 2. The van der Waals surface area contributed by atoms with E-state index in [1.54, 1.807) is 11.7 Å². The Hall–Kier alpha value is -3.36. The van der Waals surface area contributed by atoms with Crippen molar-refractivity contribution < 1.29 is 19.4 Å². The second kappa shape index (κ2) is 11.6. The minimum Gasteiger partial charge on any atom is -0.506 e. The summed E-state index contributed by atoms with van der Waals surface area (Å²) in [5.41, 5.74) is 1.80. The molecule has 8 nitrogen and oxygen atoms in total. The predicted molar refractivity (Wildman–Crippen MR) is 148 cm³/mol. The van der Waals surface area contributed by atoms with Crippen LogP contribution in [0.3, 0.4) is 0 Å². The molecule has 38 heavy (non-hydrogen) atoms. The Morgan fingerprint density at radius 2 is 1.71 bits per heavy atom. The molecular weight excluding hydrogens is 482 g/mol. The molecule has 2 N–H and O–H groups in total. The lowest BCUT2D eigenvalue weighted by Gasteiger charge is -2.28. The summed E-state index contributed by atoms with van der Waals surface area (Å²) in [5, 5.41) is 14.9. The fraction of sp³-hybridized carbons (Fsp3) is 0.467. The third-order valence-electron chi connectivity index (χ3n) is 7.98. The number of nitrogens with zero attached hydrogens (tertiary/aromatic N) is 2. The Labute approximate surface area is 223 Å². The highest BCUT2D eigenvalue weighted by Crippen LogP contribution is 2.32. The van der Waals surface area contributed by atoms with Gasteiger partial charge in [-0.2, -0.15) is 0 Å². The first-order chi connectivity index (χ1) is 18.4. The molecule has 202 valence electrons. The van der Waals surface area contributed by atoms with Gasteiger partial charge in [0.25, 0.3) is 11.5 Å². The molecular formula is C30H37N3O5. The van der Waals surface area contributed by atoms with Crippen molar-refractivity contribution in [3.63, 3.8) is 0 Å². The van der Waals surface area contributed by atoms with Gasteiger partial charge in [-0.3, -0.25) is 14.5 Å². The van der Waals surface area contributed by atoms with E-state index in [4.69, 9.17) is 9.47 Å². The molecule has 8 heteroatoms. The molecule has 2 fully saturated rings. The van der Waals surface area contributed by atoms with Crippen LogP contribution in [0.1, 0.15) is 43.0 Å². The van der Waals surface area contributed by atoms with Gasteiger partial charge in [0.15, 0.2) is 0 Å². The van der Waals surface area contributed by atoms with E-state index in [2.05, 4.69) is 17.1 Å². The second-order valence-corrected chi connectivity index (χ2v) is 10.5. The normalized spacial score (nSPS) is 20.4. The van der Waals surface area contributed by atoms with Crippen molar-refractivity contribution in [2.75, 3.05) is 40.0 Å². The number of hydrogen-bond acceptors (Lipinski definition) is 6. The van der Waals surface area contributed by atoms with Gasteiger partial charge in [0, 0.05) is 37.6 Å². The molecule has 0 radical (unpaired) electrons. The van der Waals surface area contributed by atoms with E-state index in [1.807, 2.05) is 42.5 Å². The number of ether oxygens (including phenoxy) is 2. The molecule has 0 spiro atoms. The van der Waals surface area contributed by atoms with Crippen molar-refractivity contribution in [2.24, 2.45) is 5.92 Å². The Balaban J connectivity index is 1.54. The Bertz CT molecular complexity index is 1340.